The summed E-state index contributed by atoms with van der Waals surface area (Å²) in [6.07, 6.45) is 5.18. The summed E-state index contributed by atoms with van der Waals surface area (Å²) >= 11 is 3.37. The van der Waals surface area contributed by atoms with E-state index in [0.29, 0.717) is 0 Å². The predicted molar refractivity (Wildman–Crippen MR) is 65.9 cm³/mol. The van der Waals surface area contributed by atoms with Crippen LogP contribution in [0.3, 0.4) is 0 Å². The molecule has 4 heteroatoms. The number of anilines is 1. The average molecular weight is 267 g/mol. The van der Waals surface area contributed by atoms with E-state index in [9.17, 15) is 0 Å². The first-order chi connectivity index (χ1) is 7.29. The van der Waals surface area contributed by atoms with E-state index >= 15 is 0 Å². The Bertz CT molecular complexity index is 490. The van der Waals surface area contributed by atoms with Crippen molar-refractivity contribution in [2.75, 3.05) is 11.1 Å². The quantitative estimate of drug-likeness (QED) is 0.869. The first-order valence-corrected chi connectivity index (χ1v) is 5.80. The van der Waals surface area contributed by atoms with E-state index in [-0.39, 0.29) is 6.01 Å². The molecule has 1 aromatic heterocycles. The number of hydrogen-bond acceptors (Lipinski definition) is 3. The van der Waals surface area contributed by atoms with Crippen LogP contribution >= 0.6 is 15.9 Å². The first-order valence-electron chi connectivity index (χ1n) is 4.68. The molecule has 1 heterocycles. The maximum absolute atomic E-state index is 5.46. The van der Waals surface area contributed by atoms with Gasteiger partial charge in [-0.3, -0.25) is 0 Å². The van der Waals surface area contributed by atoms with Crippen LogP contribution in [0, 0.1) is 0 Å². The molecule has 0 aliphatic rings. The molecule has 0 aliphatic carbocycles. The molecule has 0 aliphatic heterocycles. The van der Waals surface area contributed by atoms with Gasteiger partial charge < -0.3 is 10.2 Å². The van der Waals surface area contributed by atoms with E-state index in [2.05, 4.69) is 33.1 Å². The third-order valence-electron chi connectivity index (χ3n) is 2.01. The SMILES string of the molecule is Nc1nc2cc(C=CCCBr)ccc2o1. The largest absolute Gasteiger partial charge is 0.424 e. The summed E-state index contributed by atoms with van der Waals surface area (Å²) in [7, 11) is 0. The van der Waals surface area contributed by atoms with Crippen LogP contribution in [0.2, 0.25) is 0 Å². The molecule has 0 bridgehead atoms. The summed E-state index contributed by atoms with van der Waals surface area (Å²) in [5.74, 6) is 0. The molecule has 2 aromatic rings. The van der Waals surface area contributed by atoms with Crippen LogP contribution in [0.5, 0.6) is 0 Å². The Balaban J connectivity index is 2.30. The Morgan fingerprint density at radius 2 is 2.33 bits per heavy atom. The van der Waals surface area contributed by atoms with Crippen LogP contribution in [0.4, 0.5) is 6.01 Å². The molecule has 0 amide bonds. The number of nitrogens with zero attached hydrogens (tertiary/aromatic N) is 1. The summed E-state index contributed by atoms with van der Waals surface area (Å²) in [5.41, 5.74) is 8.09. The zero-order chi connectivity index (χ0) is 10.7. The van der Waals surface area contributed by atoms with Gasteiger partial charge in [0.1, 0.15) is 5.52 Å². The van der Waals surface area contributed by atoms with Gasteiger partial charge in [-0.1, -0.05) is 34.1 Å². The van der Waals surface area contributed by atoms with Gasteiger partial charge in [-0.2, -0.15) is 4.98 Å². The molecule has 0 unspecified atom stereocenters. The number of halogens is 1. The number of benzene rings is 1. The van der Waals surface area contributed by atoms with Crippen LogP contribution in [0.15, 0.2) is 28.7 Å². The average Bonchev–Trinajstić information content (AvgIpc) is 2.57. The van der Waals surface area contributed by atoms with Gasteiger partial charge in [0.2, 0.25) is 0 Å². The lowest BCUT2D eigenvalue weighted by Gasteiger charge is -1.91. The van der Waals surface area contributed by atoms with Crippen molar-refractivity contribution < 1.29 is 4.42 Å². The van der Waals surface area contributed by atoms with Gasteiger partial charge in [0.05, 0.1) is 0 Å². The molecule has 0 radical (unpaired) electrons. The molecule has 0 saturated heterocycles. The fourth-order valence-corrected chi connectivity index (χ4v) is 1.61. The number of rotatable bonds is 3. The Kier molecular flexibility index (Phi) is 3.06. The van der Waals surface area contributed by atoms with E-state index in [1.807, 2.05) is 18.2 Å². The van der Waals surface area contributed by atoms with Gasteiger partial charge in [0.15, 0.2) is 5.58 Å². The lowest BCUT2D eigenvalue weighted by molar-refractivity contribution is 0.626. The molecule has 78 valence electrons. The predicted octanol–water partition coefficient (Wildman–Crippen LogP) is 3.21. The van der Waals surface area contributed by atoms with E-state index in [0.717, 1.165) is 28.4 Å². The number of aromatic nitrogens is 1. The number of hydrogen-bond donors (Lipinski definition) is 1. The number of oxazole rings is 1. The second kappa shape index (κ2) is 4.49. The third-order valence-corrected chi connectivity index (χ3v) is 2.47. The Hall–Kier alpha value is -1.29. The number of nitrogens with two attached hydrogens (primary N) is 1. The maximum atomic E-state index is 5.46. The first kappa shape index (κ1) is 10.2. The molecule has 1 aromatic carbocycles. The number of alkyl halides is 1. The van der Waals surface area contributed by atoms with Gasteiger partial charge in [-0.15, -0.1) is 0 Å². The van der Waals surface area contributed by atoms with Gasteiger partial charge in [-0.25, -0.2) is 0 Å². The van der Waals surface area contributed by atoms with Gasteiger partial charge in [-0.05, 0) is 24.1 Å². The van der Waals surface area contributed by atoms with Crippen molar-refractivity contribution in [3.63, 3.8) is 0 Å². The van der Waals surface area contributed by atoms with E-state index in [4.69, 9.17) is 10.2 Å². The van der Waals surface area contributed by atoms with E-state index in [1.54, 1.807) is 0 Å². The zero-order valence-electron chi connectivity index (χ0n) is 8.11. The van der Waals surface area contributed by atoms with Gasteiger partial charge in [0.25, 0.3) is 6.01 Å². The Morgan fingerprint density at radius 1 is 1.47 bits per heavy atom. The fraction of sp³-hybridized carbons (Fsp3) is 0.182. The molecule has 0 spiro atoms. The van der Waals surface area contributed by atoms with Crippen LogP contribution < -0.4 is 5.73 Å². The van der Waals surface area contributed by atoms with Crippen molar-refractivity contribution in [2.45, 2.75) is 6.42 Å². The molecule has 2 N–H and O–H groups in total. The highest BCUT2D eigenvalue weighted by molar-refractivity contribution is 9.09. The fourth-order valence-electron chi connectivity index (χ4n) is 1.35. The highest BCUT2D eigenvalue weighted by atomic mass is 79.9. The molecular formula is C11H11BrN2O. The summed E-state index contributed by atoms with van der Waals surface area (Å²) in [5, 5.41) is 0.975. The van der Waals surface area contributed by atoms with Gasteiger partial charge >= 0.3 is 0 Å². The minimum absolute atomic E-state index is 0.214. The molecular weight excluding hydrogens is 256 g/mol. The van der Waals surface area contributed by atoms with Gasteiger partial charge in [0, 0.05) is 5.33 Å². The van der Waals surface area contributed by atoms with Crippen molar-refractivity contribution in [3.05, 3.63) is 29.8 Å². The second-order valence-corrected chi connectivity index (χ2v) is 3.95. The Labute approximate surface area is 96.1 Å². The minimum atomic E-state index is 0.214. The van der Waals surface area contributed by atoms with E-state index < -0.39 is 0 Å². The van der Waals surface area contributed by atoms with E-state index in [1.165, 1.54) is 0 Å². The number of allylic oxidation sites excluding steroid dienone is 1. The minimum Gasteiger partial charge on any atom is -0.424 e. The number of fused-ring (bicyclic) bond motifs is 1. The van der Waals surface area contributed by atoms with Crippen molar-refractivity contribution in [3.8, 4) is 0 Å². The maximum Gasteiger partial charge on any atom is 0.292 e. The standard InChI is InChI=1S/C11H11BrN2O/c12-6-2-1-3-8-4-5-10-9(7-8)14-11(13)15-10/h1,3-5,7H,2,6H2,(H2,13,14). The summed E-state index contributed by atoms with van der Waals surface area (Å²) in [4.78, 5) is 4.07. The monoisotopic (exact) mass is 266 g/mol. The Morgan fingerprint density at radius 3 is 3.13 bits per heavy atom. The lowest BCUT2D eigenvalue weighted by atomic mass is 10.2. The molecule has 2 rings (SSSR count). The van der Waals surface area contributed by atoms with Crippen LogP contribution in [0.1, 0.15) is 12.0 Å². The highest BCUT2D eigenvalue weighted by Crippen LogP contribution is 2.18. The molecule has 0 atom stereocenters. The zero-order valence-corrected chi connectivity index (χ0v) is 9.70. The third kappa shape index (κ3) is 2.39. The van der Waals surface area contributed by atoms with Crippen LogP contribution in [-0.4, -0.2) is 10.3 Å². The molecule has 0 saturated carbocycles. The topological polar surface area (TPSA) is 52.0 Å². The highest BCUT2D eigenvalue weighted by Gasteiger charge is 2.01. The molecule has 3 nitrogen and oxygen atoms in total. The molecule has 0 fully saturated rings. The van der Waals surface area contributed by atoms with Crippen molar-refractivity contribution in [1.29, 1.82) is 0 Å². The van der Waals surface area contributed by atoms with Crippen molar-refractivity contribution >= 4 is 39.1 Å². The van der Waals surface area contributed by atoms with Crippen LogP contribution in [-0.2, 0) is 0 Å². The lowest BCUT2D eigenvalue weighted by Crippen LogP contribution is -1.80. The van der Waals surface area contributed by atoms with Crippen LogP contribution in [0.25, 0.3) is 17.2 Å². The molecule has 15 heavy (non-hydrogen) atoms. The van der Waals surface area contributed by atoms with Crippen molar-refractivity contribution in [1.82, 2.24) is 4.98 Å². The summed E-state index contributed by atoms with van der Waals surface area (Å²) in [6, 6.07) is 6.04. The second-order valence-electron chi connectivity index (χ2n) is 3.16. The normalized spacial score (nSPS) is 11.5. The van der Waals surface area contributed by atoms with Crippen molar-refractivity contribution in [2.24, 2.45) is 0 Å². The smallest absolute Gasteiger partial charge is 0.292 e. The summed E-state index contributed by atoms with van der Waals surface area (Å²) in [6.45, 7) is 0. The number of nitrogen functional groups attached to an aromatic ring is 1. The summed E-state index contributed by atoms with van der Waals surface area (Å²) < 4.78 is 5.18.